The summed E-state index contributed by atoms with van der Waals surface area (Å²) in [4.78, 5) is 37.1. The number of alkyl carbamates (subject to hydrolysis) is 1. The summed E-state index contributed by atoms with van der Waals surface area (Å²) in [5.41, 5.74) is 0.575. The summed E-state index contributed by atoms with van der Waals surface area (Å²) in [5, 5.41) is 13.6. The van der Waals surface area contributed by atoms with Crippen LogP contribution in [0.2, 0.25) is 0 Å². The molecule has 0 radical (unpaired) electrons. The summed E-state index contributed by atoms with van der Waals surface area (Å²) in [7, 11) is 0. The Morgan fingerprint density at radius 2 is 1.89 bits per heavy atom. The molecule has 0 spiro atoms. The molecule has 9 heteroatoms. The molecule has 3 N–H and O–H groups in total. The molecule has 2 aromatic carbocycles. The first-order chi connectivity index (χ1) is 17.1. The van der Waals surface area contributed by atoms with Crippen LogP contribution in [0, 0.1) is 5.82 Å². The van der Waals surface area contributed by atoms with Gasteiger partial charge in [0.15, 0.2) is 0 Å². The van der Waals surface area contributed by atoms with Crippen molar-refractivity contribution in [3.05, 3.63) is 75.5 Å². The molecule has 1 aromatic heterocycles. The van der Waals surface area contributed by atoms with Crippen molar-refractivity contribution in [3.8, 4) is 0 Å². The van der Waals surface area contributed by atoms with Gasteiger partial charge in [0.25, 0.3) is 11.5 Å². The van der Waals surface area contributed by atoms with Crippen LogP contribution in [0.1, 0.15) is 68.1 Å². The Hall–Kier alpha value is -3.75. The molecule has 8 nitrogen and oxygen atoms in total. The molecule has 36 heavy (non-hydrogen) atoms. The number of hydrogen-bond acceptors (Lipinski definition) is 5. The molecule has 2 unspecified atom stereocenters. The minimum Gasteiger partial charge on any atom is -0.446 e. The van der Waals surface area contributed by atoms with Crippen LogP contribution in [-0.2, 0) is 11.2 Å². The Kier molecular flexibility index (Phi) is 7.37. The second-order valence-corrected chi connectivity index (χ2v) is 10.3. The van der Waals surface area contributed by atoms with Crippen LogP contribution >= 0.6 is 0 Å². The SMILES string of the molecule is CC(C)(C)NC(=O)OC1CCCC(NC(=O)c2cc(Cc3n[nH]c(=O)c4ccccc34)ccc2F)C1. The van der Waals surface area contributed by atoms with Crippen molar-refractivity contribution in [1.82, 2.24) is 20.8 Å². The number of amides is 2. The second-order valence-electron chi connectivity index (χ2n) is 10.3. The average molecular weight is 495 g/mol. The average Bonchev–Trinajstić information content (AvgIpc) is 2.81. The molecule has 1 aliphatic rings. The first kappa shape index (κ1) is 25.3. The Morgan fingerprint density at radius 1 is 1.14 bits per heavy atom. The largest absolute Gasteiger partial charge is 0.446 e. The van der Waals surface area contributed by atoms with E-state index in [1.54, 1.807) is 18.2 Å². The van der Waals surface area contributed by atoms with Crippen molar-refractivity contribution in [1.29, 1.82) is 0 Å². The van der Waals surface area contributed by atoms with Crippen molar-refractivity contribution in [2.45, 2.75) is 70.6 Å². The zero-order valence-corrected chi connectivity index (χ0v) is 20.7. The van der Waals surface area contributed by atoms with Gasteiger partial charge in [-0.2, -0.15) is 5.10 Å². The standard InChI is InChI=1S/C27H31FN4O4/c1-27(2,3)30-26(35)36-18-8-6-7-17(15-18)29-24(33)21-13-16(11-12-22(21)28)14-23-19-9-4-5-10-20(19)25(34)32-31-23/h4-5,9-13,17-18H,6-8,14-15H2,1-3H3,(H,29,33)(H,30,35)(H,32,34). The highest BCUT2D eigenvalue weighted by atomic mass is 19.1. The van der Waals surface area contributed by atoms with Gasteiger partial charge in [-0.3, -0.25) is 9.59 Å². The number of rotatable bonds is 5. The van der Waals surface area contributed by atoms with Gasteiger partial charge in [-0.15, -0.1) is 0 Å². The number of nitrogens with one attached hydrogen (secondary N) is 3. The Labute approximate surface area is 208 Å². The Bertz CT molecular complexity index is 1330. The molecule has 1 saturated carbocycles. The summed E-state index contributed by atoms with van der Waals surface area (Å²) in [6.07, 6.45) is 2.21. The lowest BCUT2D eigenvalue weighted by atomic mass is 9.92. The summed E-state index contributed by atoms with van der Waals surface area (Å²) in [6, 6.07) is 11.3. The van der Waals surface area contributed by atoms with Crippen LogP contribution < -0.4 is 16.2 Å². The van der Waals surface area contributed by atoms with E-state index in [2.05, 4.69) is 20.8 Å². The van der Waals surface area contributed by atoms with Crippen molar-refractivity contribution in [3.63, 3.8) is 0 Å². The molecule has 1 fully saturated rings. The molecule has 1 aliphatic carbocycles. The molecule has 0 aliphatic heterocycles. The first-order valence-electron chi connectivity index (χ1n) is 12.1. The van der Waals surface area contributed by atoms with Crippen LogP contribution in [0.4, 0.5) is 9.18 Å². The molecular weight excluding hydrogens is 463 g/mol. The lowest BCUT2D eigenvalue weighted by Gasteiger charge is -2.30. The third-order valence-electron chi connectivity index (χ3n) is 6.13. The van der Waals surface area contributed by atoms with E-state index in [0.717, 1.165) is 12.8 Å². The van der Waals surface area contributed by atoms with Crippen LogP contribution in [0.3, 0.4) is 0 Å². The monoisotopic (exact) mass is 494 g/mol. The fourth-order valence-corrected chi connectivity index (χ4v) is 4.49. The summed E-state index contributed by atoms with van der Waals surface area (Å²) >= 11 is 0. The molecule has 4 rings (SSSR count). The van der Waals surface area contributed by atoms with Gasteiger partial charge in [-0.1, -0.05) is 24.3 Å². The third-order valence-corrected chi connectivity index (χ3v) is 6.13. The summed E-state index contributed by atoms with van der Waals surface area (Å²) in [6.45, 7) is 5.61. The molecule has 1 heterocycles. The van der Waals surface area contributed by atoms with Gasteiger partial charge >= 0.3 is 6.09 Å². The lowest BCUT2D eigenvalue weighted by Crippen LogP contribution is -2.45. The fraction of sp³-hybridized carbons (Fsp3) is 0.407. The highest BCUT2D eigenvalue weighted by Crippen LogP contribution is 2.23. The number of benzene rings is 2. The van der Waals surface area contributed by atoms with Crippen molar-refractivity contribution >= 4 is 22.8 Å². The van der Waals surface area contributed by atoms with Gasteiger partial charge in [0.2, 0.25) is 0 Å². The number of fused-ring (bicyclic) bond motifs is 1. The van der Waals surface area contributed by atoms with Gasteiger partial charge in [-0.05, 0) is 63.8 Å². The number of aromatic amines is 1. The number of carbonyl (C=O) groups excluding carboxylic acids is 2. The van der Waals surface area contributed by atoms with E-state index in [-0.39, 0.29) is 23.3 Å². The predicted molar refractivity (Wildman–Crippen MR) is 134 cm³/mol. The molecule has 3 aromatic rings. The Balaban J connectivity index is 1.44. The lowest BCUT2D eigenvalue weighted by molar-refractivity contribution is 0.0595. The molecule has 190 valence electrons. The number of hydrogen-bond donors (Lipinski definition) is 3. The van der Waals surface area contributed by atoms with Crippen LogP contribution in [0.25, 0.3) is 10.8 Å². The van der Waals surface area contributed by atoms with Crippen LogP contribution in [0.5, 0.6) is 0 Å². The topological polar surface area (TPSA) is 113 Å². The maximum absolute atomic E-state index is 14.6. The van der Waals surface area contributed by atoms with E-state index in [1.165, 1.54) is 12.1 Å². The zero-order valence-electron chi connectivity index (χ0n) is 20.7. The molecule has 2 amide bonds. The number of ether oxygens (including phenoxy) is 1. The Morgan fingerprint density at radius 3 is 2.64 bits per heavy atom. The minimum atomic E-state index is -0.622. The summed E-state index contributed by atoms with van der Waals surface area (Å²) < 4.78 is 20.2. The smallest absolute Gasteiger partial charge is 0.407 e. The zero-order chi connectivity index (χ0) is 25.9. The van der Waals surface area contributed by atoms with Crippen molar-refractivity contribution < 1.29 is 18.7 Å². The molecule has 0 saturated heterocycles. The van der Waals surface area contributed by atoms with Gasteiger partial charge in [0.05, 0.1) is 16.6 Å². The maximum Gasteiger partial charge on any atom is 0.407 e. The highest BCUT2D eigenvalue weighted by molar-refractivity contribution is 5.95. The number of aromatic nitrogens is 2. The number of carbonyl (C=O) groups is 2. The number of H-pyrrole nitrogens is 1. The van der Waals surface area contributed by atoms with E-state index in [0.29, 0.717) is 41.3 Å². The van der Waals surface area contributed by atoms with Crippen molar-refractivity contribution in [2.24, 2.45) is 0 Å². The van der Waals surface area contributed by atoms with E-state index in [4.69, 9.17) is 4.74 Å². The van der Waals surface area contributed by atoms with Crippen LogP contribution in [-0.4, -0.2) is 39.9 Å². The fourth-order valence-electron chi connectivity index (χ4n) is 4.49. The van der Waals surface area contributed by atoms with Crippen LogP contribution in [0.15, 0.2) is 47.3 Å². The minimum absolute atomic E-state index is 0.0604. The normalized spacial score (nSPS) is 18.0. The molecular formula is C27H31FN4O4. The third kappa shape index (κ3) is 6.27. The van der Waals surface area contributed by atoms with Gasteiger partial charge in [-0.25, -0.2) is 14.3 Å². The van der Waals surface area contributed by atoms with E-state index < -0.39 is 23.4 Å². The van der Waals surface area contributed by atoms with E-state index >= 15 is 0 Å². The van der Waals surface area contributed by atoms with Gasteiger partial charge in [0.1, 0.15) is 11.9 Å². The second kappa shape index (κ2) is 10.5. The number of nitrogens with zero attached hydrogens (tertiary/aromatic N) is 1. The maximum atomic E-state index is 14.6. The van der Waals surface area contributed by atoms with E-state index in [1.807, 2.05) is 32.9 Å². The highest BCUT2D eigenvalue weighted by Gasteiger charge is 2.28. The quantitative estimate of drug-likeness (QED) is 0.492. The van der Waals surface area contributed by atoms with E-state index in [9.17, 15) is 18.8 Å². The number of halogens is 1. The first-order valence-corrected chi connectivity index (χ1v) is 12.1. The predicted octanol–water partition coefficient (Wildman–Crippen LogP) is 4.22. The van der Waals surface area contributed by atoms with Gasteiger partial charge < -0.3 is 15.4 Å². The van der Waals surface area contributed by atoms with Gasteiger partial charge in [0, 0.05) is 29.8 Å². The molecule has 2 atom stereocenters. The molecule has 0 bridgehead atoms. The van der Waals surface area contributed by atoms with Crippen molar-refractivity contribution in [2.75, 3.05) is 0 Å². The summed E-state index contributed by atoms with van der Waals surface area (Å²) in [5.74, 6) is -1.14.